The van der Waals surface area contributed by atoms with Crippen LogP contribution in [0.3, 0.4) is 0 Å². The summed E-state index contributed by atoms with van der Waals surface area (Å²) < 4.78 is 13.1. The second kappa shape index (κ2) is 4.72. The van der Waals surface area contributed by atoms with Gasteiger partial charge in [-0.3, -0.25) is 9.59 Å². The summed E-state index contributed by atoms with van der Waals surface area (Å²) in [7, 11) is 0. The first kappa shape index (κ1) is 11.9. The van der Waals surface area contributed by atoms with Gasteiger partial charge < -0.3 is 10.3 Å². The minimum atomic E-state index is -0.504. The van der Waals surface area contributed by atoms with Crippen molar-refractivity contribution in [1.82, 2.24) is 10.3 Å². The molecule has 2 rings (SSSR count). The van der Waals surface area contributed by atoms with Crippen molar-refractivity contribution in [1.29, 1.82) is 0 Å². The lowest BCUT2D eigenvalue weighted by molar-refractivity contribution is 0.0953. The van der Waals surface area contributed by atoms with Crippen LogP contribution >= 0.6 is 0 Å². The smallest absolute Gasteiger partial charge is 0.268 e. The lowest BCUT2D eigenvalue weighted by Crippen LogP contribution is -2.26. The number of hydrogen-bond donors (Lipinski definition) is 2. The number of amides is 1. The zero-order chi connectivity index (χ0) is 13.1. The maximum Gasteiger partial charge on any atom is 0.268 e. The number of carbonyl (C=O) groups is 1. The van der Waals surface area contributed by atoms with Gasteiger partial charge in [-0.2, -0.15) is 0 Å². The van der Waals surface area contributed by atoms with Gasteiger partial charge in [0.15, 0.2) is 0 Å². The highest BCUT2D eigenvalue weighted by atomic mass is 19.1. The first-order chi connectivity index (χ1) is 8.61. The zero-order valence-corrected chi connectivity index (χ0v) is 9.29. The highest BCUT2D eigenvalue weighted by molar-refractivity contribution is 5.96. The molecule has 0 bridgehead atoms. The third kappa shape index (κ3) is 2.23. The predicted molar refractivity (Wildman–Crippen MR) is 65.7 cm³/mol. The van der Waals surface area contributed by atoms with Crippen LogP contribution < -0.4 is 10.9 Å². The second-order valence-electron chi connectivity index (χ2n) is 3.63. The Balaban J connectivity index is 2.52. The second-order valence-corrected chi connectivity index (χ2v) is 3.63. The fourth-order valence-electron chi connectivity index (χ4n) is 1.59. The van der Waals surface area contributed by atoms with E-state index in [1.807, 2.05) is 0 Å². The SMILES string of the molecule is C#CCNC(=O)c1cc2cc(F)ccc2c(=O)[nH]1. The Morgan fingerprint density at radius 2 is 2.22 bits per heavy atom. The third-order valence-electron chi connectivity index (χ3n) is 2.40. The fraction of sp³-hybridized carbons (Fsp3) is 0.0769. The number of nitrogens with one attached hydrogen (secondary N) is 2. The van der Waals surface area contributed by atoms with Gasteiger partial charge in [-0.1, -0.05) is 5.92 Å². The molecule has 0 fully saturated rings. The lowest BCUT2D eigenvalue weighted by atomic mass is 10.1. The number of aromatic amines is 1. The van der Waals surface area contributed by atoms with Crippen molar-refractivity contribution in [3.63, 3.8) is 0 Å². The van der Waals surface area contributed by atoms with Gasteiger partial charge in [-0.05, 0) is 29.7 Å². The maximum atomic E-state index is 13.1. The summed E-state index contributed by atoms with van der Waals surface area (Å²) in [6.45, 7) is 0.0576. The van der Waals surface area contributed by atoms with E-state index in [1.54, 1.807) is 0 Å². The number of aromatic nitrogens is 1. The van der Waals surface area contributed by atoms with Crippen molar-refractivity contribution in [2.75, 3.05) is 6.54 Å². The van der Waals surface area contributed by atoms with Crippen LogP contribution in [0.4, 0.5) is 4.39 Å². The van der Waals surface area contributed by atoms with Crippen LogP contribution in [-0.2, 0) is 0 Å². The van der Waals surface area contributed by atoms with Crippen molar-refractivity contribution >= 4 is 16.7 Å². The number of pyridine rings is 1. The quantitative estimate of drug-likeness (QED) is 0.775. The van der Waals surface area contributed by atoms with Crippen LogP contribution in [0.25, 0.3) is 10.8 Å². The Kier molecular flexibility index (Phi) is 3.11. The van der Waals surface area contributed by atoms with E-state index in [-0.39, 0.29) is 12.2 Å². The van der Waals surface area contributed by atoms with Crippen molar-refractivity contribution < 1.29 is 9.18 Å². The Bertz CT molecular complexity index is 713. The summed E-state index contributed by atoms with van der Waals surface area (Å²) in [5.74, 6) is 1.27. The van der Waals surface area contributed by atoms with Gasteiger partial charge in [0.05, 0.1) is 6.54 Å². The van der Waals surface area contributed by atoms with Crippen molar-refractivity contribution in [2.24, 2.45) is 0 Å². The van der Waals surface area contributed by atoms with Crippen molar-refractivity contribution in [3.05, 3.63) is 46.1 Å². The minimum Gasteiger partial charge on any atom is -0.340 e. The van der Waals surface area contributed by atoms with Gasteiger partial charge in [-0.25, -0.2) is 4.39 Å². The Hall–Kier alpha value is -2.61. The number of carbonyl (C=O) groups excluding carboxylic acids is 1. The van der Waals surface area contributed by atoms with E-state index in [0.717, 1.165) is 0 Å². The molecule has 0 saturated heterocycles. The average molecular weight is 244 g/mol. The molecule has 18 heavy (non-hydrogen) atoms. The zero-order valence-electron chi connectivity index (χ0n) is 9.29. The van der Waals surface area contributed by atoms with E-state index < -0.39 is 17.3 Å². The van der Waals surface area contributed by atoms with Gasteiger partial charge in [-0.15, -0.1) is 6.42 Å². The molecule has 1 aromatic carbocycles. The van der Waals surface area contributed by atoms with Gasteiger partial charge >= 0.3 is 0 Å². The van der Waals surface area contributed by atoms with E-state index in [2.05, 4.69) is 16.2 Å². The van der Waals surface area contributed by atoms with Crippen molar-refractivity contribution in [2.45, 2.75) is 0 Å². The summed E-state index contributed by atoms with van der Waals surface area (Å²) >= 11 is 0. The Labute approximate surface area is 102 Å². The van der Waals surface area contributed by atoms with Gasteiger partial charge in [0, 0.05) is 5.39 Å². The number of hydrogen-bond acceptors (Lipinski definition) is 2. The molecular weight excluding hydrogens is 235 g/mol. The standard InChI is InChI=1S/C13H9FN2O2/c1-2-5-15-13(18)11-7-8-6-9(14)3-4-10(8)12(17)16-11/h1,3-4,6-7H,5H2,(H,15,18)(H,16,17). The molecule has 0 atom stereocenters. The molecule has 0 aliphatic rings. The predicted octanol–water partition coefficient (Wildman–Crippen LogP) is 1.03. The minimum absolute atomic E-state index is 0.0494. The number of benzene rings is 1. The molecule has 0 unspecified atom stereocenters. The molecule has 2 N–H and O–H groups in total. The van der Waals surface area contributed by atoms with E-state index in [4.69, 9.17) is 6.42 Å². The summed E-state index contributed by atoms with van der Waals surface area (Å²) in [5, 5.41) is 3.11. The molecule has 1 amide bonds. The first-order valence-corrected chi connectivity index (χ1v) is 5.16. The van der Waals surface area contributed by atoms with E-state index >= 15 is 0 Å². The average Bonchev–Trinajstić information content (AvgIpc) is 2.35. The van der Waals surface area contributed by atoms with Crippen LogP contribution in [0, 0.1) is 18.2 Å². The fourth-order valence-corrected chi connectivity index (χ4v) is 1.59. The molecule has 4 nitrogen and oxygen atoms in total. The van der Waals surface area contributed by atoms with Crippen molar-refractivity contribution in [3.8, 4) is 12.3 Å². The highest BCUT2D eigenvalue weighted by Crippen LogP contribution is 2.12. The lowest BCUT2D eigenvalue weighted by Gasteiger charge is -2.03. The summed E-state index contributed by atoms with van der Waals surface area (Å²) in [6, 6.07) is 5.16. The molecule has 1 aromatic heterocycles. The molecule has 1 heterocycles. The molecule has 2 aromatic rings. The number of terminal acetylenes is 1. The molecular formula is C13H9FN2O2. The van der Waals surface area contributed by atoms with Gasteiger partial charge in [0.1, 0.15) is 11.5 Å². The van der Waals surface area contributed by atoms with Crippen LogP contribution in [0.15, 0.2) is 29.1 Å². The number of fused-ring (bicyclic) bond motifs is 1. The molecule has 0 saturated carbocycles. The largest absolute Gasteiger partial charge is 0.340 e. The van der Waals surface area contributed by atoms with E-state index in [9.17, 15) is 14.0 Å². The molecule has 0 radical (unpaired) electrons. The van der Waals surface area contributed by atoms with Gasteiger partial charge in [0.2, 0.25) is 0 Å². The van der Waals surface area contributed by atoms with E-state index in [1.165, 1.54) is 24.3 Å². The normalized spacial score (nSPS) is 10.0. The summed E-state index contributed by atoms with van der Waals surface area (Å²) in [6.07, 6.45) is 5.01. The van der Waals surface area contributed by atoms with Crippen LogP contribution in [0.2, 0.25) is 0 Å². The Morgan fingerprint density at radius 3 is 2.94 bits per heavy atom. The molecule has 0 aliphatic carbocycles. The van der Waals surface area contributed by atoms with Crippen LogP contribution in [0.1, 0.15) is 10.5 Å². The maximum absolute atomic E-state index is 13.1. The topological polar surface area (TPSA) is 62.0 Å². The highest BCUT2D eigenvalue weighted by Gasteiger charge is 2.09. The first-order valence-electron chi connectivity index (χ1n) is 5.16. The number of H-pyrrole nitrogens is 1. The summed E-state index contributed by atoms with van der Waals surface area (Å²) in [4.78, 5) is 25.7. The van der Waals surface area contributed by atoms with E-state index in [0.29, 0.717) is 10.8 Å². The van der Waals surface area contributed by atoms with Crippen LogP contribution in [-0.4, -0.2) is 17.4 Å². The van der Waals surface area contributed by atoms with Gasteiger partial charge in [0.25, 0.3) is 11.5 Å². The van der Waals surface area contributed by atoms with Crippen LogP contribution in [0.5, 0.6) is 0 Å². The molecule has 0 aliphatic heterocycles. The Morgan fingerprint density at radius 1 is 1.44 bits per heavy atom. The number of halogens is 1. The summed E-state index contributed by atoms with van der Waals surface area (Å²) in [5.41, 5.74) is -0.397. The molecule has 0 spiro atoms. The monoisotopic (exact) mass is 244 g/mol. The molecule has 90 valence electrons. The molecule has 5 heteroatoms. The third-order valence-corrected chi connectivity index (χ3v) is 2.40. The number of rotatable bonds is 2.